The van der Waals surface area contributed by atoms with Crippen LogP contribution in [0.25, 0.3) is 0 Å². The SMILES string of the molecule is CCCCCCCCCCCCCCCCCCCCCCCCCCCCCCCCCCCCCCCCCCC(=O)OC(COC(=O)CCCCCCCC)COC(OCC[N+](C)(C)C)C(=O)O. The number of unbranched alkanes of at least 4 members (excludes halogenated alkanes) is 44. The lowest BCUT2D eigenvalue weighted by atomic mass is 10.0. The molecule has 0 aliphatic rings. The summed E-state index contributed by atoms with van der Waals surface area (Å²) in [5.41, 5.74) is 0. The van der Waals surface area contributed by atoms with E-state index in [0.29, 0.717) is 17.4 Å². The van der Waals surface area contributed by atoms with Crippen LogP contribution in [0.4, 0.5) is 0 Å². The second-order valence-electron chi connectivity index (χ2n) is 22.7. The van der Waals surface area contributed by atoms with Gasteiger partial charge in [0.1, 0.15) is 13.2 Å². The van der Waals surface area contributed by atoms with Gasteiger partial charge in [0.25, 0.3) is 6.29 Å². The van der Waals surface area contributed by atoms with Crippen molar-refractivity contribution in [1.29, 1.82) is 0 Å². The Morgan fingerprint density at radius 1 is 0.366 bits per heavy atom. The van der Waals surface area contributed by atoms with Gasteiger partial charge >= 0.3 is 17.9 Å². The van der Waals surface area contributed by atoms with Crippen molar-refractivity contribution in [2.45, 2.75) is 334 Å². The van der Waals surface area contributed by atoms with Gasteiger partial charge in [-0.3, -0.25) is 9.59 Å². The van der Waals surface area contributed by atoms with Crippen LogP contribution in [-0.2, 0) is 33.3 Å². The van der Waals surface area contributed by atoms with Gasteiger partial charge < -0.3 is 28.5 Å². The predicted molar refractivity (Wildman–Crippen MR) is 300 cm³/mol. The Labute approximate surface area is 441 Å². The number of carbonyl (C=O) groups excluding carboxylic acids is 2. The van der Waals surface area contributed by atoms with Crippen LogP contribution in [0.5, 0.6) is 0 Å². The number of hydrogen-bond donors (Lipinski definition) is 1. The van der Waals surface area contributed by atoms with E-state index in [2.05, 4.69) is 13.8 Å². The molecule has 2 unspecified atom stereocenters. The molecule has 0 rings (SSSR count). The molecule has 1 N–H and O–H groups in total. The molecule has 0 saturated carbocycles. The minimum atomic E-state index is -1.50. The number of esters is 2. The highest BCUT2D eigenvalue weighted by molar-refractivity contribution is 5.71. The Morgan fingerprint density at radius 3 is 0.901 bits per heavy atom. The second-order valence-corrected chi connectivity index (χ2v) is 22.7. The summed E-state index contributed by atoms with van der Waals surface area (Å²) in [6, 6.07) is 0. The Bertz CT molecular complexity index is 1130. The van der Waals surface area contributed by atoms with E-state index in [4.69, 9.17) is 18.9 Å². The molecule has 0 amide bonds. The fourth-order valence-electron chi connectivity index (χ4n) is 9.55. The number of likely N-dealkylation sites (N-methyl/N-ethyl adjacent to an activating group) is 1. The van der Waals surface area contributed by atoms with Crippen LogP contribution in [0, 0.1) is 0 Å². The predicted octanol–water partition coefficient (Wildman–Crippen LogP) is 18.4. The summed E-state index contributed by atoms with van der Waals surface area (Å²) < 4.78 is 22.7. The molecule has 9 nitrogen and oxygen atoms in total. The fourth-order valence-corrected chi connectivity index (χ4v) is 9.55. The van der Waals surface area contributed by atoms with E-state index in [1.807, 2.05) is 21.1 Å². The highest BCUT2D eigenvalue weighted by Crippen LogP contribution is 2.19. The average Bonchev–Trinajstić information content (AvgIpc) is 3.34. The van der Waals surface area contributed by atoms with Crippen LogP contribution in [0.15, 0.2) is 0 Å². The van der Waals surface area contributed by atoms with Crippen LogP contribution in [0.1, 0.15) is 322 Å². The third-order valence-corrected chi connectivity index (χ3v) is 14.4. The molecule has 9 heteroatoms. The number of hydrogen-bond acceptors (Lipinski definition) is 7. The molecule has 71 heavy (non-hydrogen) atoms. The van der Waals surface area contributed by atoms with Crippen molar-refractivity contribution < 1.29 is 42.9 Å². The maximum Gasteiger partial charge on any atom is 0.361 e. The lowest BCUT2D eigenvalue weighted by Gasteiger charge is -2.25. The zero-order valence-corrected chi connectivity index (χ0v) is 48.2. The zero-order chi connectivity index (χ0) is 52.0. The number of quaternary nitrogens is 1. The number of nitrogens with zero attached hydrogens (tertiary/aromatic N) is 1. The molecule has 0 aliphatic heterocycles. The number of aliphatic carboxylic acids is 1. The molecule has 0 fully saturated rings. The molecule has 0 bridgehead atoms. The first kappa shape index (κ1) is 69.3. The van der Waals surface area contributed by atoms with Gasteiger partial charge in [-0.05, 0) is 12.8 Å². The van der Waals surface area contributed by atoms with Crippen molar-refractivity contribution in [2.75, 3.05) is 47.5 Å². The Hall–Kier alpha value is -1.71. The topological polar surface area (TPSA) is 108 Å². The van der Waals surface area contributed by atoms with Crippen molar-refractivity contribution in [3.63, 3.8) is 0 Å². The number of rotatable bonds is 59. The molecule has 0 radical (unpaired) electrons. The molecule has 0 saturated heterocycles. The molecule has 422 valence electrons. The molecule has 0 spiro atoms. The van der Waals surface area contributed by atoms with Crippen molar-refractivity contribution in [3.05, 3.63) is 0 Å². The summed E-state index contributed by atoms with van der Waals surface area (Å²) in [6.07, 6.45) is 60.0. The zero-order valence-electron chi connectivity index (χ0n) is 48.2. The van der Waals surface area contributed by atoms with E-state index in [9.17, 15) is 19.5 Å². The first-order valence-electron chi connectivity index (χ1n) is 31.2. The van der Waals surface area contributed by atoms with Gasteiger partial charge in [0.05, 0.1) is 34.4 Å². The second kappa shape index (κ2) is 54.5. The minimum Gasteiger partial charge on any atom is -0.477 e. The average molecular weight is 1010 g/mol. The van der Waals surface area contributed by atoms with E-state index in [1.165, 1.54) is 257 Å². The van der Waals surface area contributed by atoms with Crippen LogP contribution < -0.4 is 0 Å². The highest BCUT2D eigenvalue weighted by Gasteiger charge is 2.25. The summed E-state index contributed by atoms with van der Waals surface area (Å²) in [5, 5.41) is 9.63. The largest absolute Gasteiger partial charge is 0.477 e. The first-order valence-corrected chi connectivity index (χ1v) is 31.2. The van der Waals surface area contributed by atoms with Crippen molar-refractivity contribution >= 4 is 17.9 Å². The lowest BCUT2D eigenvalue weighted by molar-refractivity contribution is -0.870. The first-order chi connectivity index (χ1) is 34.6. The monoisotopic (exact) mass is 1010 g/mol. The molecule has 2 atom stereocenters. The van der Waals surface area contributed by atoms with Gasteiger partial charge in [-0.1, -0.05) is 296 Å². The molecule has 0 heterocycles. The number of ether oxygens (including phenoxy) is 4. The molecule has 0 aliphatic carbocycles. The van der Waals surface area contributed by atoms with Crippen molar-refractivity contribution in [2.24, 2.45) is 0 Å². The molecular formula is C62H122NO8+. The Balaban J connectivity index is 3.72. The normalized spacial score (nSPS) is 12.6. The van der Waals surface area contributed by atoms with Crippen LogP contribution >= 0.6 is 0 Å². The molecule has 0 aromatic rings. The third kappa shape index (κ3) is 55.9. The van der Waals surface area contributed by atoms with E-state index in [1.54, 1.807) is 0 Å². The summed E-state index contributed by atoms with van der Waals surface area (Å²) in [7, 11) is 5.97. The van der Waals surface area contributed by atoms with Crippen molar-refractivity contribution in [1.82, 2.24) is 0 Å². The minimum absolute atomic E-state index is 0.175. The summed E-state index contributed by atoms with van der Waals surface area (Å²) in [4.78, 5) is 37.0. The Morgan fingerprint density at radius 2 is 0.634 bits per heavy atom. The van der Waals surface area contributed by atoms with Gasteiger partial charge in [-0.15, -0.1) is 0 Å². The van der Waals surface area contributed by atoms with Crippen LogP contribution in [0.2, 0.25) is 0 Å². The standard InChI is InChI=1S/C62H121NO8/c1-6-8-10-12-14-15-16-17-18-19-20-21-22-23-24-25-26-27-28-29-30-31-32-33-34-35-36-37-38-39-40-41-42-43-44-45-46-47-49-51-53-60(65)71-58(56-69-59(64)52-50-48-13-11-9-7-2)57-70-62(61(66)67)68-55-54-63(3,4)5/h58,62H,6-57H2,1-5H3/p+1. The van der Waals surface area contributed by atoms with E-state index >= 15 is 0 Å². The summed E-state index contributed by atoms with van der Waals surface area (Å²) >= 11 is 0. The van der Waals surface area contributed by atoms with Gasteiger partial charge in [-0.2, -0.15) is 0 Å². The van der Waals surface area contributed by atoms with Crippen LogP contribution in [0.3, 0.4) is 0 Å². The quantitative estimate of drug-likeness (QED) is 0.0278. The Kier molecular flexibility index (Phi) is 53.2. The number of carbonyl (C=O) groups is 3. The van der Waals surface area contributed by atoms with Crippen LogP contribution in [-0.4, -0.2) is 87.4 Å². The maximum absolute atomic E-state index is 12.8. The van der Waals surface area contributed by atoms with Crippen molar-refractivity contribution in [3.8, 4) is 0 Å². The van der Waals surface area contributed by atoms with Gasteiger partial charge in [0, 0.05) is 12.8 Å². The number of carboxylic acid groups (broad SMARTS) is 1. The number of carboxylic acids is 1. The third-order valence-electron chi connectivity index (χ3n) is 14.4. The summed E-state index contributed by atoms with van der Waals surface area (Å²) in [5.74, 6) is -1.99. The highest BCUT2D eigenvalue weighted by atomic mass is 16.7. The molecule has 0 aromatic carbocycles. The summed E-state index contributed by atoms with van der Waals surface area (Å²) in [6.45, 7) is 4.85. The van der Waals surface area contributed by atoms with E-state index in [-0.39, 0.29) is 38.2 Å². The van der Waals surface area contributed by atoms with E-state index in [0.717, 1.165) is 38.5 Å². The molecule has 0 aromatic heterocycles. The van der Waals surface area contributed by atoms with Gasteiger partial charge in [0.2, 0.25) is 0 Å². The molecular weight excluding hydrogens is 887 g/mol. The van der Waals surface area contributed by atoms with E-state index < -0.39 is 18.4 Å². The lowest BCUT2D eigenvalue weighted by Crippen LogP contribution is -2.40. The van der Waals surface area contributed by atoms with Gasteiger partial charge in [0.15, 0.2) is 6.10 Å². The smallest absolute Gasteiger partial charge is 0.361 e. The van der Waals surface area contributed by atoms with Gasteiger partial charge in [-0.25, -0.2) is 4.79 Å². The fraction of sp³-hybridized carbons (Fsp3) is 0.952. The maximum atomic E-state index is 12.8.